The standard InChI is InChI=1S/C48H47N3O6S/c1-3-46(52)56-33-13-7-5-11-31-54-42-27-21-37(22-28-42)17-18-39-20-26-40(41(35-39)36-49-51-48-50-44-15-9-10-16-45(44)58-48)25-19-38-23-29-43(30-24-38)55-32-12-6-8-14-34-57-47(53)4-2/h3-4,9-10,15-16,20-24,26-30,35-36H,1-2,5-8,11-14,31-34H2,(H,50,51)/b49-36+. The van der Waals surface area contributed by atoms with Gasteiger partial charge in [-0.3, -0.25) is 5.43 Å². The Morgan fingerprint density at radius 1 is 0.638 bits per heavy atom. The van der Waals surface area contributed by atoms with E-state index in [-0.39, 0.29) is 11.9 Å². The molecule has 0 aliphatic carbocycles. The van der Waals surface area contributed by atoms with Crippen LogP contribution in [-0.2, 0) is 19.1 Å². The Hall–Kier alpha value is -6.62. The maximum absolute atomic E-state index is 11.1. The molecule has 10 heteroatoms. The number of carbonyl (C=O) groups excluding carboxylic acids is 2. The van der Waals surface area contributed by atoms with Crippen molar-refractivity contribution in [1.82, 2.24) is 4.98 Å². The number of benzene rings is 4. The van der Waals surface area contributed by atoms with Crippen LogP contribution in [0.1, 0.15) is 79.2 Å². The van der Waals surface area contributed by atoms with E-state index in [9.17, 15) is 9.59 Å². The lowest BCUT2D eigenvalue weighted by Crippen LogP contribution is -2.02. The molecule has 5 aromatic rings. The number of nitrogens with zero attached hydrogens (tertiary/aromatic N) is 2. The number of hydrogen-bond donors (Lipinski definition) is 1. The molecule has 58 heavy (non-hydrogen) atoms. The van der Waals surface area contributed by atoms with Gasteiger partial charge in [0.05, 0.1) is 42.9 Å². The maximum atomic E-state index is 11.1. The Morgan fingerprint density at radius 2 is 1.16 bits per heavy atom. The van der Waals surface area contributed by atoms with Crippen LogP contribution in [0.3, 0.4) is 0 Å². The molecule has 1 aromatic heterocycles. The van der Waals surface area contributed by atoms with Crippen molar-refractivity contribution in [3.05, 3.63) is 144 Å². The van der Waals surface area contributed by atoms with E-state index < -0.39 is 0 Å². The number of para-hydroxylation sites is 1. The maximum Gasteiger partial charge on any atom is 0.330 e. The van der Waals surface area contributed by atoms with Crippen molar-refractivity contribution in [2.24, 2.45) is 5.10 Å². The number of ether oxygens (including phenoxy) is 4. The SMILES string of the molecule is C=CC(=O)OCCCCCCOc1ccc(C#Cc2ccc(C#Cc3ccc(OCCCCCCOC(=O)C=C)cc3)c(/C=N/Nc3nc4ccccc4s3)c2)cc1. The lowest BCUT2D eigenvalue weighted by atomic mass is 10.0. The quantitative estimate of drug-likeness (QED) is 0.0195. The number of anilines is 1. The van der Waals surface area contributed by atoms with E-state index >= 15 is 0 Å². The smallest absolute Gasteiger partial charge is 0.330 e. The summed E-state index contributed by atoms with van der Waals surface area (Å²) in [6.07, 6.45) is 11.5. The third-order valence-electron chi connectivity index (χ3n) is 8.55. The minimum Gasteiger partial charge on any atom is -0.494 e. The molecule has 4 aromatic carbocycles. The minimum atomic E-state index is -0.382. The summed E-state index contributed by atoms with van der Waals surface area (Å²) in [6, 6.07) is 29.4. The number of thiazole rings is 1. The van der Waals surface area contributed by atoms with Gasteiger partial charge in [0.2, 0.25) is 5.13 Å². The fraction of sp³-hybridized carbons (Fsp3) is 0.250. The van der Waals surface area contributed by atoms with E-state index in [2.05, 4.69) is 52.4 Å². The Kier molecular flexibility index (Phi) is 17.7. The normalized spacial score (nSPS) is 10.5. The monoisotopic (exact) mass is 793 g/mol. The third kappa shape index (κ3) is 15.1. The third-order valence-corrected chi connectivity index (χ3v) is 9.49. The van der Waals surface area contributed by atoms with Crippen LogP contribution in [0.2, 0.25) is 0 Å². The van der Waals surface area contributed by atoms with Crippen LogP contribution in [0.25, 0.3) is 10.2 Å². The first-order chi connectivity index (χ1) is 28.5. The highest BCUT2D eigenvalue weighted by Crippen LogP contribution is 2.25. The molecule has 0 amide bonds. The number of rotatable bonds is 21. The Balaban J connectivity index is 1.17. The second-order valence-corrected chi connectivity index (χ2v) is 14.0. The summed E-state index contributed by atoms with van der Waals surface area (Å²) in [5.41, 5.74) is 8.16. The van der Waals surface area contributed by atoms with Crippen molar-refractivity contribution >= 4 is 44.8 Å². The Bertz CT molecular complexity index is 2240. The number of nitrogens with one attached hydrogen (secondary N) is 1. The van der Waals surface area contributed by atoms with Crippen molar-refractivity contribution in [3.8, 4) is 35.2 Å². The zero-order valence-electron chi connectivity index (χ0n) is 32.5. The molecule has 5 rings (SSSR count). The molecule has 0 saturated heterocycles. The molecule has 0 unspecified atom stereocenters. The lowest BCUT2D eigenvalue weighted by molar-refractivity contribution is -0.138. The van der Waals surface area contributed by atoms with Gasteiger partial charge in [-0.05, 0) is 130 Å². The predicted molar refractivity (Wildman–Crippen MR) is 232 cm³/mol. The fourth-order valence-electron chi connectivity index (χ4n) is 5.45. The first-order valence-electron chi connectivity index (χ1n) is 19.4. The molecule has 1 N–H and O–H groups in total. The molecule has 1 heterocycles. The van der Waals surface area contributed by atoms with Crippen molar-refractivity contribution in [3.63, 3.8) is 0 Å². The van der Waals surface area contributed by atoms with Crippen LogP contribution in [0.5, 0.6) is 11.5 Å². The molecule has 0 radical (unpaired) electrons. The molecule has 0 saturated carbocycles. The number of fused-ring (bicyclic) bond motifs is 1. The summed E-state index contributed by atoms with van der Waals surface area (Å²) < 4.78 is 22.9. The highest BCUT2D eigenvalue weighted by atomic mass is 32.1. The Morgan fingerprint density at radius 3 is 1.72 bits per heavy atom. The van der Waals surface area contributed by atoms with Crippen LogP contribution >= 0.6 is 11.3 Å². The summed E-state index contributed by atoms with van der Waals surface area (Å²) in [5, 5.41) is 5.21. The van der Waals surface area contributed by atoms with Gasteiger partial charge in [-0.25, -0.2) is 14.6 Å². The first-order valence-corrected chi connectivity index (χ1v) is 20.2. The lowest BCUT2D eigenvalue weighted by Gasteiger charge is -2.06. The number of hydrazone groups is 1. The molecule has 0 bridgehead atoms. The van der Waals surface area contributed by atoms with Crippen LogP contribution in [0.4, 0.5) is 5.13 Å². The zero-order chi connectivity index (χ0) is 40.6. The summed E-state index contributed by atoms with van der Waals surface area (Å²) in [6.45, 7) is 8.86. The van der Waals surface area contributed by atoms with Gasteiger partial charge in [0.15, 0.2) is 0 Å². The van der Waals surface area contributed by atoms with Gasteiger partial charge in [0.25, 0.3) is 0 Å². The topological polar surface area (TPSA) is 108 Å². The molecule has 0 spiro atoms. The minimum absolute atomic E-state index is 0.381. The summed E-state index contributed by atoms with van der Waals surface area (Å²) >= 11 is 1.54. The van der Waals surface area contributed by atoms with Crippen LogP contribution < -0.4 is 14.9 Å². The van der Waals surface area contributed by atoms with E-state index in [0.29, 0.717) is 31.6 Å². The van der Waals surface area contributed by atoms with E-state index in [1.54, 1.807) is 6.21 Å². The van der Waals surface area contributed by atoms with E-state index in [0.717, 1.165) is 101 Å². The summed E-state index contributed by atoms with van der Waals surface area (Å²) in [4.78, 5) is 26.8. The van der Waals surface area contributed by atoms with Crippen molar-refractivity contribution in [1.29, 1.82) is 0 Å². The van der Waals surface area contributed by atoms with Crippen molar-refractivity contribution in [2.75, 3.05) is 31.9 Å². The second kappa shape index (κ2) is 24.1. The summed E-state index contributed by atoms with van der Waals surface area (Å²) in [5.74, 6) is 13.9. The van der Waals surface area contributed by atoms with Gasteiger partial charge in [-0.1, -0.05) is 60.3 Å². The van der Waals surface area contributed by atoms with E-state index in [1.165, 1.54) is 23.5 Å². The number of esters is 2. The average Bonchev–Trinajstić information content (AvgIpc) is 3.68. The van der Waals surface area contributed by atoms with Gasteiger partial charge in [-0.15, -0.1) is 0 Å². The number of hydrogen-bond acceptors (Lipinski definition) is 10. The van der Waals surface area contributed by atoms with Gasteiger partial charge < -0.3 is 18.9 Å². The molecule has 9 nitrogen and oxygen atoms in total. The molecule has 0 aliphatic heterocycles. The highest BCUT2D eigenvalue weighted by Gasteiger charge is 2.04. The molecule has 0 atom stereocenters. The van der Waals surface area contributed by atoms with Crippen LogP contribution in [-0.4, -0.2) is 49.6 Å². The number of unbranched alkanes of at least 4 members (excludes halogenated alkanes) is 6. The molecular weight excluding hydrogens is 747 g/mol. The Labute approximate surface area is 344 Å². The van der Waals surface area contributed by atoms with Gasteiger partial charge in [0.1, 0.15) is 11.5 Å². The predicted octanol–water partition coefficient (Wildman–Crippen LogP) is 9.88. The number of carbonyl (C=O) groups is 2. The summed E-state index contributed by atoms with van der Waals surface area (Å²) in [7, 11) is 0. The molecule has 296 valence electrons. The zero-order valence-corrected chi connectivity index (χ0v) is 33.4. The van der Waals surface area contributed by atoms with E-state index in [1.807, 2.05) is 91.0 Å². The molecular formula is C48H47N3O6S. The second-order valence-electron chi connectivity index (χ2n) is 13.0. The van der Waals surface area contributed by atoms with Gasteiger partial charge in [-0.2, -0.15) is 5.10 Å². The van der Waals surface area contributed by atoms with Crippen molar-refractivity contribution in [2.45, 2.75) is 51.4 Å². The highest BCUT2D eigenvalue weighted by molar-refractivity contribution is 7.22. The average molecular weight is 794 g/mol. The molecule has 0 aliphatic rings. The van der Waals surface area contributed by atoms with Gasteiger partial charge in [0, 0.05) is 40.0 Å². The van der Waals surface area contributed by atoms with Crippen LogP contribution in [0, 0.1) is 23.7 Å². The first kappa shape index (κ1) is 42.5. The van der Waals surface area contributed by atoms with E-state index in [4.69, 9.17) is 18.9 Å². The fourth-order valence-corrected chi connectivity index (χ4v) is 6.27. The van der Waals surface area contributed by atoms with Crippen molar-refractivity contribution < 1.29 is 28.5 Å². The van der Waals surface area contributed by atoms with Crippen LogP contribution in [0.15, 0.2) is 121 Å². The largest absolute Gasteiger partial charge is 0.494 e. The molecule has 0 fully saturated rings. The number of aromatic nitrogens is 1. The van der Waals surface area contributed by atoms with Gasteiger partial charge >= 0.3 is 11.9 Å².